The molecule has 0 saturated heterocycles. The fourth-order valence-corrected chi connectivity index (χ4v) is 2.99. The number of carboxylic acids is 1. The van der Waals surface area contributed by atoms with Crippen molar-refractivity contribution in [2.45, 2.75) is 17.7 Å². The molecule has 5 nitrogen and oxygen atoms in total. The maximum Gasteiger partial charge on any atom is 0.335 e. The Morgan fingerprint density at radius 3 is 2.50 bits per heavy atom. The van der Waals surface area contributed by atoms with Crippen LogP contribution in [-0.2, 0) is 22.7 Å². The van der Waals surface area contributed by atoms with E-state index in [-0.39, 0.29) is 10.5 Å². The van der Waals surface area contributed by atoms with Crippen LogP contribution in [0.25, 0.3) is 0 Å². The lowest BCUT2D eigenvalue weighted by Crippen LogP contribution is -2.05. The van der Waals surface area contributed by atoms with Crippen LogP contribution in [0.5, 0.6) is 0 Å². The number of rotatable bonds is 5. The highest BCUT2D eigenvalue weighted by molar-refractivity contribution is 9.10. The summed E-state index contributed by atoms with van der Waals surface area (Å²) in [4.78, 5) is 15.5. The second-order valence-electron chi connectivity index (χ2n) is 4.86. The number of nitrogens with zero attached hydrogens (tertiary/aromatic N) is 1. The van der Waals surface area contributed by atoms with Crippen LogP contribution in [-0.4, -0.2) is 30.7 Å². The van der Waals surface area contributed by atoms with Gasteiger partial charge in [-0.25, -0.2) is 13.2 Å². The van der Waals surface area contributed by atoms with Gasteiger partial charge in [-0.1, -0.05) is 15.9 Å². The molecule has 0 atom stereocenters. The van der Waals surface area contributed by atoms with E-state index in [4.69, 9.17) is 0 Å². The molecule has 22 heavy (non-hydrogen) atoms. The zero-order valence-electron chi connectivity index (χ0n) is 11.8. The predicted molar refractivity (Wildman–Crippen MR) is 85.9 cm³/mol. The number of hydrogen-bond donors (Lipinski definition) is 1. The Balaban J connectivity index is 2.17. The molecule has 0 aliphatic heterocycles. The zero-order valence-corrected chi connectivity index (χ0v) is 14.2. The second kappa shape index (κ2) is 6.58. The van der Waals surface area contributed by atoms with Crippen molar-refractivity contribution in [2.24, 2.45) is 0 Å². The van der Waals surface area contributed by atoms with Gasteiger partial charge in [0.2, 0.25) is 0 Å². The number of sulfone groups is 1. The summed E-state index contributed by atoms with van der Waals surface area (Å²) in [5, 5.41) is 9.18. The number of hydrogen-bond acceptors (Lipinski definition) is 4. The average molecular weight is 384 g/mol. The quantitative estimate of drug-likeness (QED) is 0.857. The predicted octanol–water partition coefficient (Wildman–Crippen LogP) is 2.73. The van der Waals surface area contributed by atoms with E-state index in [2.05, 4.69) is 20.9 Å². The molecule has 0 fully saturated rings. The van der Waals surface area contributed by atoms with Gasteiger partial charge in [0, 0.05) is 22.6 Å². The third-order valence-corrected chi connectivity index (χ3v) is 4.76. The van der Waals surface area contributed by atoms with Crippen LogP contribution in [0.2, 0.25) is 0 Å². The Labute approximate surface area is 137 Å². The molecular formula is C15H14BrNO4S. The van der Waals surface area contributed by atoms with Gasteiger partial charge in [-0.15, -0.1) is 0 Å². The Hall–Kier alpha value is -1.73. The summed E-state index contributed by atoms with van der Waals surface area (Å²) in [7, 11) is -3.26. The van der Waals surface area contributed by atoms with Crippen molar-refractivity contribution in [3.63, 3.8) is 0 Å². The first-order valence-electron chi connectivity index (χ1n) is 6.44. The number of carboxylic acid groups (broad SMARTS) is 1. The number of carbonyl (C=O) groups is 1. The van der Waals surface area contributed by atoms with Gasteiger partial charge in [0.05, 0.1) is 10.5 Å². The summed E-state index contributed by atoms with van der Waals surface area (Å²) in [6.07, 6.45) is 3.49. The van der Waals surface area contributed by atoms with E-state index < -0.39 is 15.8 Å². The van der Waals surface area contributed by atoms with Crippen LogP contribution >= 0.6 is 15.9 Å². The monoisotopic (exact) mass is 383 g/mol. The van der Waals surface area contributed by atoms with Gasteiger partial charge in [0.15, 0.2) is 9.84 Å². The third-order valence-electron chi connectivity index (χ3n) is 3.17. The minimum Gasteiger partial charge on any atom is -0.478 e. The standard InChI is InChI=1S/C15H14BrNO4S/c1-22(20,21)13-6-5-12(17-9-13)4-2-10-8-11(16)3-7-14(10)15(18)19/h3,5-9H,2,4H2,1H3,(H,18,19). The molecule has 1 aromatic carbocycles. The van der Waals surface area contributed by atoms with Crippen LogP contribution in [0.15, 0.2) is 45.9 Å². The van der Waals surface area contributed by atoms with E-state index in [1.54, 1.807) is 24.3 Å². The van der Waals surface area contributed by atoms with Gasteiger partial charge >= 0.3 is 5.97 Å². The van der Waals surface area contributed by atoms with Gasteiger partial charge in [-0.05, 0) is 48.7 Å². The highest BCUT2D eigenvalue weighted by atomic mass is 79.9. The van der Waals surface area contributed by atoms with Crippen LogP contribution in [0.3, 0.4) is 0 Å². The molecule has 0 aliphatic rings. The van der Waals surface area contributed by atoms with E-state index in [1.165, 1.54) is 12.3 Å². The molecule has 2 rings (SSSR count). The second-order valence-corrected chi connectivity index (χ2v) is 7.80. The van der Waals surface area contributed by atoms with E-state index in [0.29, 0.717) is 24.1 Å². The first-order chi connectivity index (χ1) is 10.3. The van der Waals surface area contributed by atoms with Crippen molar-refractivity contribution >= 4 is 31.7 Å². The first-order valence-corrected chi connectivity index (χ1v) is 9.12. The largest absolute Gasteiger partial charge is 0.478 e. The molecule has 1 N–H and O–H groups in total. The number of benzene rings is 1. The Morgan fingerprint density at radius 1 is 1.23 bits per heavy atom. The summed E-state index contributed by atoms with van der Waals surface area (Å²) in [6, 6.07) is 8.17. The van der Waals surface area contributed by atoms with Gasteiger partial charge in [-0.3, -0.25) is 4.98 Å². The molecule has 1 aromatic heterocycles. The number of aromatic nitrogens is 1. The molecule has 2 aromatic rings. The molecule has 7 heteroatoms. The summed E-state index contributed by atoms with van der Waals surface area (Å²) < 4.78 is 23.6. The van der Waals surface area contributed by atoms with Gasteiger partial charge in [0.1, 0.15) is 0 Å². The maximum absolute atomic E-state index is 11.4. The Kier molecular flexibility index (Phi) is 4.97. The van der Waals surface area contributed by atoms with E-state index >= 15 is 0 Å². The highest BCUT2D eigenvalue weighted by Gasteiger charge is 2.11. The lowest BCUT2D eigenvalue weighted by Gasteiger charge is -2.07. The minimum absolute atomic E-state index is 0.171. The van der Waals surface area contributed by atoms with Gasteiger partial charge in [-0.2, -0.15) is 0 Å². The van der Waals surface area contributed by atoms with E-state index in [9.17, 15) is 18.3 Å². The Bertz CT molecular complexity index is 801. The smallest absolute Gasteiger partial charge is 0.335 e. The number of aryl methyl sites for hydroxylation is 2. The lowest BCUT2D eigenvalue weighted by molar-refractivity contribution is 0.0695. The van der Waals surface area contributed by atoms with E-state index in [1.807, 2.05) is 0 Å². The van der Waals surface area contributed by atoms with E-state index in [0.717, 1.165) is 10.7 Å². The van der Waals surface area contributed by atoms with Crippen LogP contribution in [0.1, 0.15) is 21.6 Å². The van der Waals surface area contributed by atoms with Crippen molar-refractivity contribution in [2.75, 3.05) is 6.26 Å². The topological polar surface area (TPSA) is 84.3 Å². The molecule has 0 unspecified atom stereocenters. The van der Waals surface area contributed by atoms with Crippen LogP contribution in [0.4, 0.5) is 0 Å². The molecule has 0 amide bonds. The van der Waals surface area contributed by atoms with Gasteiger partial charge < -0.3 is 5.11 Å². The van der Waals surface area contributed by atoms with Gasteiger partial charge in [0.25, 0.3) is 0 Å². The molecule has 1 heterocycles. The van der Waals surface area contributed by atoms with Crippen molar-refractivity contribution in [1.82, 2.24) is 4.98 Å². The molecule has 0 radical (unpaired) electrons. The van der Waals surface area contributed by atoms with Crippen molar-refractivity contribution in [3.8, 4) is 0 Å². The normalized spacial score (nSPS) is 11.4. The van der Waals surface area contributed by atoms with Crippen LogP contribution < -0.4 is 0 Å². The fourth-order valence-electron chi connectivity index (χ4n) is 2.02. The van der Waals surface area contributed by atoms with Crippen molar-refractivity contribution in [3.05, 3.63) is 57.8 Å². The summed E-state index contributed by atoms with van der Waals surface area (Å²) in [5.74, 6) is -0.970. The SMILES string of the molecule is CS(=O)(=O)c1ccc(CCc2cc(Br)ccc2C(=O)O)nc1. The average Bonchev–Trinajstić information content (AvgIpc) is 2.44. The summed E-state index contributed by atoms with van der Waals surface area (Å²) in [6.45, 7) is 0. The molecule has 0 bridgehead atoms. The Morgan fingerprint density at radius 2 is 1.95 bits per heavy atom. The number of pyridine rings is 1. The van der Waals surface area contributed by atoms with Crippen molar-refractivity contribution in [1.29, 1.82) is 0 Å². The molecule has 0 aliphatic carbocycles. The molecule has 0 saturated carbocycles. The first kappa shape index (κ1) is 16.6. The lowest BCUT2D eigenvalue weighted by atomic mass is 10.0. The van der Waals surface area contributed by atoms with Crippen LogP contribution in [0, 0.1) is 0 Å². The zero-order chi connectivity index (χ0) is 16.3. The molecule has 0 spiro atoms. The number of halogens is 1. The summed E-state index contributed by atoms with van der Waals surface area (Å²) in [5.41, 5.74) is 1.68. The molecular weight excluding hydrogens is 370 g/mol. The molecule has 116 valence electrons. The summed E-state index contributed by atoms with van der Waals surface area (Å²) >= 11 is 3.33. The third kappa shape index (κ3) is 4.14. The minimum atomic E-state index is -3.26. The highest BCUT2D eigenvalue weighted by Crippen LogP contribution is 2.19. The number of aromatic carboxylic acids is 1. The maximum atomic E-state index is 11.4. The fraction of sp³-hybridized carbons (Fsp3) is 0.200. The van der Waals surface area contributed by atoms with Crippen molar-refractivity contribution < 1.29 is 18.3 Å².